The molecule has 3 heteroatoms. The van der Waals surface area contributed by atoms with Gasteiger partial charge in [0.25, 0.3) is 0 Å². The Balaban J connectivity index is 2.74. The molecule has 84 valence electrons. The molecule has 0 aromatic carbocycles. The second-order valence-electron chi connectivity index (χ2n) is 3.79. The Hall–Kier alpha value is -1.09. The summed E-state index contributed by atoms with van der Waals surface area (Å²) < 4.78 is 0. The smallest absolute Gasteiger partial charge is 0.0426 e. The summed E-state index contributed by atoms with van der Waals surface area (Å²) in [5.74, 6) is 0. The first kappa shape index (κ1) is 12.0. The second-order valence-corrected chi connectivity index (χ2v) is 3.79. The molecule has 0 spiro atoms. The number of aryl methyl sites for hydroxylation is 1. The van der Waals surface area contributed by atoms with Crippen molar-refractivity contribution in [1.82, 2.24) is 4.98 Å². The monoisotopic (exact) mass is 207 g/mol. The predicted octanol–water partition coefficient (Wildman–Crippen LogP) is 1.96. The van der Waals surface area contributed by atoms with Crippen LogP contribution in [0, 0.1) is 6.92 Å². The maximum atomic E-state index is 5.55. The molecule has 1 aromatic rings. The molecule has 0 aliphatic carbocycles. The van der Waals surface area contributed by atoms with Crippen LogP contribution >= 0.6 is 0 Å². The third-order valence-corrected chi connectivity index (χ3v) is 2.46. The van der Waals surface area contributed by atoms with E-state index in [-0.39, 0.29) is 0 Å². The quantitative estimate of drug-likeness (QED) is 0.775. The highest BCUT2D eigenvalue weighted by Gasteiger charge is 2.06. The third kappa shape index (κ3) is 3.51. The van der Waals surface area contributed by atoms with Gasteiger partial charge in [-0.3, -0.25) is 4.98 Å². The van der Waals surface area contributed by atoms with E-state index in [0.29, 0.717) is 0 Å². The molecular weight excluding hydrogens is 186 g/mol. The van der Waals surface area contributed by atoms with Gasteiger partial charge in [0.05, 0.1) is 0 Å². The van der Waals surface area contributed by atoms with Crippen LogP contribution in [0.1, 0.15) is 25.3 Å². The van der Waals surface area contributed by atoms with Gasteiger partial charge in [-0.15, -0.1) is 0 Å². The summed E-state index contributed by atoms with van der Waals surface area (Å²) in [5.41, 5.74) is 8.08. The average Bonchev–Trinajstić information content (AvgIpc) is 2.25. The minimum Gasteiger partial charge on any atom is -0.371 e. The second kappa shape index (κ2) is 6.40. The zero-order valence-electron chi connectivity index (χ0n) is 9.74. The van der Waals surface area contributed by atoms with Gasteiger partial charge in [-0.05, 0) is 37.9 Å². The highest BCUT2D eigenvalue weighted by Crippen LogP contribution is 2.18. The molecule has 1 aromatic heterocycles. The summed E-state index contributed by atoms with van der Waals surface area (Å²) in [7, 11) is 0. The molecule has 0 saturated carbocycles. The Kier molecular flexibility index (Phi) is 5.12. The SMILES string of the molecule is CCCN(CCCN)c1ccncc1C. The maximum Gasteiger partial charge on any atom is 0.0426 e. The fourth-order valence-electron chi connectivity index (χ4n) is 1.73. The Bertz CT molecular complexity index is 286. The molecule has 0 radical (unpaired) electrons. The predicted molar refractivity (Wildman–Crippen MR) is 65.1 cm³/mol. The Morgan fingerprint density at radius 2 is 2.20 bits per heavy atom. The Morgan fingerprint density at radius 1 is 1.40 bits per heavy atom. The van der Waals surface area contributed by atoms with Gasteiger partial charge in [-0.1, -0.05) is 6.92 Å². The molecule has 0 fully saturated rings. The van der Waals surface area contributed by atoms with Crippen LogP contribution in [0.15, 0.2) is 18.5 Å². The lowest BCUT2D eigenvalue weighted by Gasteiger charge is -2.25. The molecule has 0 aliphatic rings. The lowest BCUT2D eigenvalue weighted by molar-refractivity contribution is 0.718. The van der Waals surface area contributed by atoms with Crippen LogP contribution in [0.5, 0.6) is 0 Å². The van der Waals surface area contributed by atoms with E-state index in [9.17, 15) is 0 Å². The number of rotatable bonds is 6. The van der Waals surface area contributed by atoms with E-state index >= 15 is 0 Å². The number of nitrogens with two attached hydrogens (primary N) is 1. The zero-order valence-corrected chi connectivity index (χ0v) is 9.74. The summed E-state index contributed by atoms with van der Waals surface area (Å²) in [5, 5.41) is 0. The van der Waals surface area contributed by atoms with E-state index in [1.807, 2.05) is 12.4 Å². The molecule has 1 rings (SSSR count). The van der Waals surface area contributed by atoms with Crippen LogP contribution in [0.2, 0.25) is 0 Å². The lowest BCUT2D eigenvalue weighted by Crippen LogP contribution is -2.27. The normalized spacial score (nSPS) is 10.3. The number of hydrogen-bond acceptors (Lipinski definition) is 3. The Morgan fingerprint density at radius 3 is 2.80 bits per heavy atom. The van der Waals surface area contributed by atoms with E-state index in [1.54, 1.807) is 0 Å². The third-order valence-electron chi connectivity index (χ3n) is 2.46. The van der Waals surface area contributed by atoms with E-state index in [4.69, 9.17) is 5.73 Å². The number of pyridine rings is 1. The summed E-state index contributed by atoms with van der Waals surface area (Å²) in [6, 6.07) is 2.08. The molecular formula is C12H21N3. The average molecular weight is 207 g/mol. The van der Waals surface area contributed by atoms with Crippen molar-refractivity contribution in [3.63, 3.8) is 0 Å². The molecule has 0 amide bonds. The topological polar surface area (TPSA) is 42.1 Å². The van der Waals surface area contributed by atoms with Crippen molar-refractivity contribution in [2.24, 2.45) is 5.73 Å². The Labute approximate surface area is 92.3 Å². The number of aromatic nitrogens is 1. The zero-order chi connectivity index (χ0) is 11.1. The molecule has 2 N–H and O–H groups in total. The highest BCUT2D eigenvalue weighted by atomic mass is 15.1. The van der Waals surface area contributed by atoms with E-state index in [2.05, 4.69) is 29.8 Å². The number of hydrogen-bond donors (Lipinski definition) is 1. The van der Waals surface area contributed by atoms with E-state index < -0.39 is 0 Å². The van der Waals surface area contributed by atoms with E-state index in [0.717, 1.165) is 32.5 Å². The van der Waals surface area contributed by atoms with Crippen LogP contribution in [0.4, 0.5) is 5.69 Å². The number of anilines is 1. The summed E-state index contributed by atoms with van der Waals surface area (Å²) in [6.45, 7) is 7.18. The molecule has 0 atom stereocenters. The summed E-state index contributed by atoms with van der Waals surface area (Å²) in [4.78, 5) is 6.51. The van der Waals surface area contributed by atoms with Crippen LogP contribution in [0.3, 0.4) is 0 Å². The first-order valence-electron chi connectivity index (χ1n) is 5.65. The van der Waals surface area contributed by atoms with Gasteiger partial charge < -0.3 is 10.6 Å². The minimum atomic E-state index is 0.754. The molecule has 0 aliphatic heterocycles. The van der Waals surface area contributed by atoms with Crippen LogP contribution in [-0.4, -0.2) is 24.6 Å². The van der Waals surface area contributed by atoms with Crippen molar-refractivity contribution in [2.45, 2.75) is 26.7 Å². The summed E-state index contributed by atoms with van der Waals surface area (Å²) >= 11 is 0. The lowest BCUT2D eigenvalue weighted by atomic mass is 10.2. The van der Waals surface area contributed by atoms with Gasteiger partial charge >= 0.3 is 0 Å². The van der Waals surface area contributed by atoms with Gasteiger partial charge in [0.2, 0.25) is 0 Å². The summed E-state index contributed by atoms with van der Waals surface area (Å²) in [6.07, 6.45) is 5.97. The first-order valence-corrected chi connectivity index (χ1v) is 5.65. The van der Waals surface area contributed by atoms with Gasteiger partial charge in [0.15, 0.2) is 0 Å². The van der Waals surface area contributed by atoms with E-state index in [1.165, 1.54) is 11.3 Å². The fraction of sp³-hybridized carbons (Fsp3) is 0.583. The molecule has 0 unspecified atom stereocenters. The molecule has 0 bridgehead atoms. The highest BCUT2D eigenvalue weighted by molar-refractivity contribution is 5.51. The molecule has 3 nitrogen and oxygen atoms in total. The standard InChI is InChI=1S/C12H21N3/c1-3-8-15(9-4-6-13)12-5-7-14-10-11(12)2/h5,7,10H,3-4,6,8-9,13H2,1-2H3. The molecule has 1 heterocycles. The van der Waals surface area contributed by atoms with Crippen molar-refractivity contribution in [1.29, 1.82) is 0 Å². The van der Waals surface area contributed by atoms with Gasteiger partial charge in [0.1, 0.15) is 0 Å². The van der Waals surface area contributed by atoms with Crippen LogP contribution in [-0.2, 0) is 0 Å². The largest absolute Gasteiger partial charge is 0.371 e. The van der Waals surface area contributed by atoms with Gasteiger partial charge in [-0.2, -0.15) is 0 Å². The van der Waals surface area contributed by atoms with Crippen molar-refractivity contribution in [3.05, 3.63) is 24.0 Å². The van der Waals surface area contributed by atoms with Crippen molar-refractivity contribution >= 4 is 5.69 Å². The molecule has 15 heavy (non-hydrogen) atoms. The van der Waals surface area contributed by atoms with Crippen molar-refractivity contribution < 1.29 is 0 Å². The van der Waals surface area contributed by atoms with Crippen molar-refractivity contribution in [2.75, 3.05) is 24.5 Å². The first-order chi connectivity index (χ1) is 7.29. The minimum absolute atomic E-state index is 0.754. The van der Waals surface area contributed by atoms with Gasteiger partial charge in [0, 0.05) is 31.2 Å². The fourth-order valence-corrected chi connectivity index (χ4v) is 1.73. The number of nitrogens with zero attached hydrogens (tertiary/aromatic N) is 2. The van der Waals surface area contributed by atoms with Crippen LogP contribution < -0.4 is 10.6 Å². The maximum absolute atomic E-state index is 5.55. The van der Waals surface area contributed by atoms with Crippen molar-refractivity contribution in [3.8, 4) is 0 Å². The van der Waals surface area contributed by atoms with Gasteiger partial charge in [-0.25, -0.2) is 0 Å². The molecule has 0 saturated heterocycles. The van der Waals surface area contributed by atoms with Crippen LogP contribution in [0.25, 0.3) is 0 Å².